The molecule has 1 nitrogen and oxygen atoms in total. The fourth-order valence-electron chi connectivity index (χ4n) is 1.81. The number of rotatable bonds is 0. The first-order valence-electron chi connectivity index (χ1n) is 4.35. The molecule has 0 aliphatic carbocycles. The van der Waals surface area contributed by atoms with Crippen LogP contribution in [-0.2, 0) is 4.74 Å². The molecule has 1 unspecified atom stereocenters. The smallest absolute Gasteiger partial charge is 0.380 e. The van der Waals surface area contributed by atoms with E-state index in [0.29, 0.717) is 0 Å². The molecule has 0 bridgehead atoms. The Morgan fingerprint density at radius 2 is 1.69 bits per heavy atom. The van der Waals surface area contributed by atoms with E-state index in [9.17, 15) is 13.2 Å². The Kier molecular flexibility index (Phi) is 2.39. The van der Waals surface area contributed by atoms with Crippen molar-refractivity contribution >= 4 is 0 Å². The highest BCUT2D eigenvalue weighted by Gasteiger charge is 2.62. The molecule has 1 aliphatic heterocycles. The molecular formula is C9H15F3O. The van der Waals surface area contributed by atoms with Crippen molar-refractivity contribution in [2.75, 3.05) is 13.2 Å². The normalized spacial score (nSPS) is 30.9. The van der Waals surface area contributed by atoms with E-state index in [1.54, 1.807) is 20.8 Å². The lowest BCUT2D eigenvalue weighted by molar-refractivity contribution is -0.256. The number of hydrogen-bond acceptors (Lipinski definition) is 1. The van der Waals surface area contributed by atoms with Crippen molar-refractivity contribution in [3.63, 3.8) is 0 Å². The summed E-state index contributed by atoms with van der Waals surface area (Å²) in [5.74, 6) is 0. The van der Waals surface area contributed by atoms with Gasteiger partial charge in [-0.2, -0.15) is 13.2 Å². The van der Waals surface area contributed by atoms with E-state index >= 15 is 0 Å². The maximum absolute atomic E-state index is 12.8. The van der Waals surface area contributed by atoms with Gasteiger partial charge >= 0.3 is 6.18 Å². The average Bonchev–Trinajstić information content (AvgIpc) is 2.28. The van der Waals surface area contributed by atoms with Gasteiger partial charge in [0.25, 0.3) is 0 Å². The zero-order chi connectivity index (χ0) is 10.3. The molecule has 0 radical (unpaired) electrons. The molecule has 0 amide bonds. The summed E-state index contributed by atoms with van der Waals surface area (Å²) in [4.78, 5) is 0. The minimum Gasteiger partial charge on any atom is -0.380 e. The highest BCUT2D eigenvalue weighted by atomic mass is 19.4. The third-order valence-electron chi connectivity index (χ3n) is 3.00. The zero-order valence-corrected chi connectivity index (χ0v) is 8.16. The maximum atomic E-state index is 12.8. The van der Waals surface area contributed by atoms with Crippen LogP contribution in [0.4, 0.5) is 13.2 Å². The molecule has 1 rings (SSSR count). The van der Waals surface area contributed by atoms with Crippen LogP contribution in [0, 0.1) is 10.8 Å². The second-order valence-corrected chi connectivity index (χ2v) is 4.63. The number of hydrogen-bond donors (Lipinski definition) is 0. The van der Waals surface area contributed by atoms with Gasteiger partial charge in [0.15, 0.2) is 0 Å². The van der Waals surface area contributed by atoms with Crippen molar-refractivity contribution in [1.82, 2.24) is 0 Å². The summed E-state index contributed by atoms with van der Waals surface area (Å²) in [7, 11) is 0. The Morgan fingerprint density at radius 3 is 1.85 bits per heavy atom. The summed E-state index contributed by atoms with van der Waals surface area (Å²) in [6, 6.07) is 0. The minimum atomic E-state index is -4.16. The van der Waals surface area contributed by atoms with Crippen molar-refractivity contribution in [1.29, 1.82) is 0 Å². The lowest BCUT2D eigenvalue weighted by atomic mass is 9.65. The van der Waals surface area contributed by atoms with E-state index in [1.807, 2.05) is 0 Å². The summed E-state index contributed by atoms with van der Waals surface area (Å²) in [6.45, 7) is 4.89. The summed E-state index contributed by atoms with van der Waals surface area (Å²) < 4.78 is 43.4. The molecule has 78 valence electrons. The molecule has 0 aromatic rings. The predicted molar refractivity (Wildman–Crippen MR) is 43.4 cm³/mol. The van der Waals surface area contributed by atoms with Crippen molar-refractivity contribution in [2.45, 2.75) is 33.4 Å². The SMILES string of the molecule is CC(C)(C)C1(C(F)(F)F)CCOC1. The summed E-state index contributed by atoms with van der Waals surface area (Å²) in [5, 5.41) is 0. The van der Waals surface area contributed by atoms with Gasteiger partial charge in [-0.15, -0.1) is 0 Å². The van der Waals surface area contributed by atoms with Crippen LogP contribution >= 0.6 is 0 Å². The van der Waals surface area contributed by atoms with Gasteiger partial charge in [0.05, 0.1) is 12.0 Å². The third-order valence-corrected chi connectivity index (χ3v) is 3.00. The molecule has 1 fully saturated rings. The molecule has 1 atom stereocenters. The fraction of sp³-hybridized carbons (Fsp3) is 1.00. The molecule has 4 heteroatoms. The highest BCUT2D eigenvalue weighted by molar-refractivity contribution is 4.98. The summed E-state index contributed by atoms with van der Waals surface area (Å²) in [5.41, 5.74) is -2.44. The van der Waals surface area contributed by atoms with Gasteiger partial charge in [-0.05, 0) is 11.8 Å². The first kappa shape index (κ1) is 10.8. The van der Waals surface area contributed by atoms with Gasteiger partial charge in [-0.3, -0.25) is 0 Å². The standard InChI is InChI=1S/C9H15F3O/c1-7(2,3)8(9(10,11)12)4-5-13-6-8/h4-6H2,1-3H3. The second kappa shape index (κ2) is 2.87. The van der Waals surface area contributed by atoms with E-state index < -0.39 is 17.0 Å². The van der Waals surface area contributed by atoms with Crippen LogP contribution in [0.1, 0.15) is 27.2 Å². The first-order valence-corrected chi connectivity index (χ1v) is 4.35. The Bertz CT molecular complexity index is 168. The lowest BCUT2D eigenvalue weighted by Gasteiger charge is -2.41. The van der Waals surface area contributed by atoms with Crippen LogP contribution in [0.25, 0.3) is 0 Å². The van der Waals surface area contributed by atoms with Crippen LogP contribution in [0.15, 0.2) is 0 Å². The zero-order valence-electron chi connectivity index (χ0n) is 8.16. The Morgan fingerprint density at radius 1 is 1.15 bits per heavy atom. The van der Waals surface area contributed by atoms with Gasteiger partial charge < -0.3 is 4.74 Å². The maximum Gasteiger partial charge on any atom is 0.397 e. The van der Waals surface area contributed by atoms with Crippen molar-refractivity contribution < 1.29 is 17.9 Å². The van der Waals surface area contributed by atoms with Crippen LogP contribution in [0.3, 0.4) is 0 Å². The monoisotopic (exact) mass is 196 g/mol. The molecule has 0 N–H and O–H groups in total. The second-order valence-electron chi connectivity index (χ2n) is 4.63. The predicted octanol–water partition coefficient (Wildman–Crippen LogP) is 3.00. The molecule has 0 aromatic heterocycles. The first-order chi connectivity index (χ1) is 5.71. The molecule has 1 aliphatic rings. The molecule has 0 saturated carbocycles. The van der Waals surface area contributed by atoms with Crippen LogP contribution in [0.5, 0.6) is 0 Å². The van der Waals surface area contributed by atoms with Gasteiger partial charge in [-0.1, -0.05) is 20.8 Å². The van der Waals surface area contributed by atoms with Gasteiger partial charge in [0.2, 0.25) is 0 Å². The summed E-state index contributed by atoms with van der Waals surface area (Å²) in [6.07, 6.45) is -4.08. The van der Waals surface area contributed by atoms with Crippen molar-refractivity contribution in [3.05, 3.63) is 0 Å². The largest absolute Gasteiger partial charge is 0.397 e. The van der Waals surface area contributed by atoms with E-state index in [2.05, 4.69) is 0 Å². The Labute approximate surface area is 76.3 Å². The van der Waals surface area contributed by atoms with E-state index in [0.717, 1.165) is 0 Å². The molecule has 0 spiro atoms. The van der Waals surface area contributed by atoms with Gasteiger partial charge in [0.1, 0.15) is 0 Å². The topological polar surface area (TPSA) is 9.23 Å². The number of alkyl halides is 3. The summed E-state index contributed by atoms with van der Waals surface area (Å²) >= 11 is 0. The fourth-order valence-corrected chi connectivity index (χ4v) is 1.81. The molecule has 1 heterocycles. The average molecular weight is 196 g/mol. The molecule has 1 saturated heterocycles. The van der Waals surface area contributed by atoms with Crippen LogP contribution < -0.4 is 0 Å². The minimum absolute atomic E-state index is 0.0833. The highest BCUT2D eigenvalue weighted by Crippen LogP contribution is 2.55. The number of halogens is 3. The quantitative estimate of drug-likeness (QED) is 0.578. The third kappa shape index (κ3) is 1.56. The van der Waals surface area contributed by atoms with Crippen molar-refractivity contribution in [2.24, 2.45) is 10.8 Å². The molecule has 13 heavy (non-hydrogen) atoms. The Hall–Kier alpha value is -0.250. The number of ether oxygens (including phenoxy) is 1. The molecular weight excluding hydrogens is 181 g/mol. The van der Waals surface area contributed by atoms with Crippen LogP contribution in [0.2, 0.25) is 0 Å². The van der Waals surface area contributed by atoms with E-state index in [-0.39, 0.29) is 19.6 Å². The lowest BCUT2D eigenvalue weighted by Crippen LogP contribution is -2.48. The van der Waals surface area contributed by atoms with E-state index in [1.165, 1.54) is 0 Å². The van der Waals surface area contributed by atoms with Gasteiger partial charge in [-0.25, -0.2) is 0 Å². The Balaban J connectivity index is 3.02. The van der Waals surface area contributed by atoms with Crippen LogP contribution in [-0.4, -0.2) is 19.4 Å². The van der Waals surface area contributed by atoms with Crippen molar-refractivity contribution in [3.8, 4) is 0 Å². The van der Waals surface area contributed by atoms with Gasteiger partial charge in [0, 0.05) is 6.61 Å². The molecule has 0 aromatic carbocycles. The van der Waals surface area contributed by atoms with E-state index in [4.69, 9.17) is 4.74 Å².